The molecule has 80 valence electrons. The lowest BCUT2D eigenvalue weighted by Crippen LogP contribution is -2.39. The maximum Gasteiger partial charge on any atom is 0.0383 e. The first-order valence-corrected chi connectivity index (χ1v) is 6.88. The Balaban J connectivity index is 3.72. The Labute approximate surface area is 84.9 Å². The van der Waals surface area contributed by atoms with Gasteiger partial charge in [-0.1, -0.05) is 20.3 Å². The molecule has 0 aromatic rings. The van der Waals surface area contributed by atoms with Gasteiger partial charge in [-0.2, -0.15) is 0 Å². The van der Waals surface area contributed by atoms with Crippen molar-refractivity contribution in [3.8, 4) is 0 Å². The molecule has 0 saturated heterocycles. The maximum absolute atomic E-state index is 11.0. The summed E-state index contributed by atoms with van der Waals surface area (Å²) >= 11 is 0. The third kappa shape index (κ3) is 7.20. The zero-order valence-electron chi connectivity index (χ0n) is 9.30. The summed E-state index contributed by atoms with van der Waals surface area (Å²) < 4.78 is 11.0. The third-order valence-corrected chi connectivity index (χ3v) is 3.10. The largest absolute Gasteiger partial charge is 0.311 e. The first kappa shape index (κ1) is 13.1. The van der Waals surface area contributed by atoms with Crippen LogP contribution in [0.25, 0.3) is 0 Å². The van der Waals surface area contributed by atoms with E-state index in [9.17, 15) is 4.21 Å². The van der Waals surface area contributed by atoms with Crippen molar-refractivity contribution in [2.75, 3.05) is 12.0 Å². The van der Waals surface area contributed by atoms with Crippen LogP contribution in [0.2, 0.25) is 0 Å². The molecule has 0 rings (SSSR count). The van der Waals surface area contributed by atoms with E-state index in [1.165, 1.54) is 12.8 Å². The molecular formula is C10H23NOS. The van der Waals surface area contributed by atoms with Gasteiger partial charge in [0.05, 0.1) is 0 Å². The van der Waals surface area contributed by atoms with E-state index in [1.807, 2.05) is 0 Å². The van der Waals surface area contributed by atoms with E-state index in [2.05, 4.69) is 26.1 Å². The second kappa shape index (κ2) is 7.51. The average molecular weight is 205 g/mol. The highest BCUT2D eigenvalue weighted by atomic mass is 32.2. The van der Waals surface area contributed by atoms with Crippen LogP contribution in [0.15, 0.2) is 0 Å². The van der Waals surface area contributed by atoms with Gasteiger partial charge in [0.1, 0.15) is 0 Å². The van der Waals surface area contributed by atoms with Crippen molar-refractivity contribution in [2.24, 2.45) is 0 Å². The summed E-state index contributed by atoms with van der Waals surface area (Å²) in [5.41, 5.74) is 0. The Morgan fingerprint density at radius 1 is 1.38 bits per heavy atom. The lowest BCUT2D eigenvalue weighted by Gasteiger charge is -2.21. The van der Waals surface area contributed by atoms with E-state index in [0.717, 1.165) is 12.2 Å². The smallest absolute Gasteiger partial charge is 0.0383 e. The predicted molar refractivity (Wildman–Crippen MR) is 60.5 cm³/mol. The van der Waals surface area contributed by atoms with Crippen LogP contribution >= 0.6 is 0 Å². The van der Waals surface area contributed by atoms with Gasteiger partial charge in [0.25, 0.3) is 0 Å². The summed E-state index contributed by atoms with van der Waals surface area (Å²) in [6.45, 7) is 6.51. The van der Waals surface area contributed by atoms with E-state index in [0.29, 0.717) is 12.1 Å². The number of hydrogen-bond acceptors (Lipinski definition) is 2. The van der Waals surface area contributed by atoms with Gasteiger partial charge in [-0.25, -0.2) is 0 Å². The molecule has 0 aliphatic rings. The Hall–Kier alpha value is 0.110. The van der Waals surface area contributed by atoms with E-state index in [4.69, 9.17) is 0 Å². The highest BCUT2D eigenvalue weighted by molar-refractivity contribution is 7.84. The number of rotatable bonds is 7. The van der Waals surface area contributed by atoms with Crippen molar-refractivity contribution in [2.45, 2.75) is 52.1 Å². The zero-order chi connectivity index (χ0) is 10.3. The van der Waals surface area contributed by atoms with Gasteiger partial charge in [-0.3, -0.25) is 4.21 Å². The molecule has 0 bridgehead atoms. The van der Waals surface area contributed by atoms with Gasteiger partial charge in [0.15, 0.2) is 0 Å². The topological polar surface area (TPSA) is 29.1 Å². The molecule has 3 heteroatoms. The quantitative estimate of drug-likeness (QED) is 0.688. The van der Waals surface area contributed by atoms with Crippen molar-refractivity contribution in [1.82, 2.24) is 5.32 Å². The standard InChI is InChI=1S/C10H23NOS/c1-5-7-10(6-2)11-9(3)8-13(4)12/h9-11H,5-8H2,1-4H3. The fraction of sp³-hybridized carbons (Fsp3) is 1.00. The van der Waals surface area contributed by atoms with Crippen LogP contribution in [0, 0.1) is 0 Å². The second-order valence-electron chi connectivity index (χ2n) is 3.70. The molecule has 13 heavy (non-hydrogen) atoms. The summed E-state index contributed by atoms with van der Waals surface area (Å²) in [5, 5.41) is 3.51. The van der Waals surface area contributed by atoms with E-state index in [1.54, 1.807) is 6.26 Å². The Morgan fingerprint density at radius 3 is 2.38 bits per heavy atom. The summed E-state index contributed by atoms with van der Waals surface area (Å²) in [5.74, 6) is 0.764. The van der Waals surface area contributed by atoms with Gasteiger partial charge in [-0.15, -0.1) is 0 Å². The maximum atomic E-state index is 11.0. The van der Waals surface area contributed by atoms with Crippen molar-refractivity contribution in [3.05, 3.63) is 0 Å². The molecular weight excluding hydrogens is 182 g/mol. The van der Waals surface area contributed by atoms with Gasteiger partial charge in [0, 0.05) is 34.9 Å². The van der Waals surface area contributed by atoms with Crippen LogP contribution < -0.4 is 5.32 Å². The normalized spacial score (nSPS) is 18.2. The molecule has 3 unspecified atom stereocenters. The highest BCUT2D eigenvalue weighted by Gasteiger charge is 2.09. The Kier molecular flexibility index (Phi) is 7.57. The SMILES string of the molecule is CCCC(CC)NC(C)CS(C)=O. The first-order chi connectivity index (χ1) is 6.10. The van der Waals surface area contributed by atoms with Gasteiger partial charge >= 0.3 is 0 Å². The van der Waals surface area contributed by atoms with E-state index in [-0.39, 0.29) is 0 Å². The van der Waals surface area contributed by atoms with Gasteiger partial charge in [-0.05, 0) is 19.8 Å². The van der Waals surface area contributed by atoms with Gasteiger partial charge in [0.2, 0.25) is 0 Å². The van der Waals surface area contributed by atoms with Crippen LogP contribution in [0.4, 0.5) is 0 Å². The lowest BCUT2D eigenvalue weighted by atomic mass is 10.1. The van der Waals surface area contributed by atoms with Crippen LogP contribution in [0.1, 0.15) is 40.0 Å². The fourth-order valence-electron chi connectivity index (χ4n) is 1.56. The average Bonchev–Trinajstić information content (AvgIpc) is 2.02. The third-order valence-electron chi connectivity index (χ3n) is 2.13. The molecule has 2 nitrogen and oxygen atoms in total. The second-order valence-corrected chi connectivity index (χ2v) is 5.18. The minimum Gasteiger partial charge on any atom is -0.311 e. The Morgan fingerprint density at radius 2 is 2.00 bits per heavy atom. The monoisotopic (exact) mass is 205 g/mol. The molecule has 0 heterocycles. The molecule has 0 aromatic carbocycles. The molecule has 0 aliphatic heterocycles. The van der Waals surface area contributed by atoms with E-state index < -0.39 is 10.8 Å². The summed E-state index contributed by atoms with van der Waals surface area (Å²) in [6, 6.07) is 0.978. The minimum atomic E-state index is -0.681. The zero-order valence-corrected chi connectivity index (χ0v) is 10.1. The van der Waals surface area contributed by atoms with E-state index >= 15 is 0 Å². The fourth-order valence-corrected chi connectivity index (χ4v) is 2.36. The molecule has 0 spiro atoms. The molecule has 0 amide bonds. The summed E-state index contributed by atoms with van der Waals surface area (Å²) in [4.78, 5) is 0. The minimum absolute atomic E-state index is 0.377. The lowest BCUT2D eigenvalue weighted by molar-refractivity contribution is 0.427. The first-order valence-electron chi connectivity index (χ1n) is 5.16. The Bertz CT molecular complexity index is 150. The summed E-state index contributed by atoms with van der Waals surface area (Å²) in [7, 11) is -0.681. The number of nitrogens with one attached hydrogen (secondary N) is 1. The van der Waals surface area contributed by atoms with Crippen molar-refractivity contribution >= 4 is 10.8 Å². The highest BCUT2D eigenvalue weighted by Crippen LogP contribution is 2.02. The van der Waals surface area contributed by atoms with Crippen molar-refractivity contribution in [3.63, 3.8) is 0 Å². The van der Waals surface area contributed by atoms with Crippen LogP contribution in [-0.2, 0) is 10.8 Å². The molecule has 0 fully saturated rings. The summed E-state index contributed by atoms with van der Waals surface area (Å²) in [6.07, 6.45) is 5.36. The van der Waals surface area contributed by atoms with Gasteiger partial charge < -0.3 is 5.32 Å². The molecule has 0 saturated carbocycles. The molecule has 0 aromatic heterocycles. The molecule has 0 radical (unpaired) electrons. The van der Waals surface area contributed by atoms with Crippen LogP contribution in [0.3, 0.4) is 0 Å². The van der Waals surface area contributed by atoms with Crippen molar-refractivity contribution < 1.29 is 4.21 Å². The van der Waals surface area contributed by atoms with Crippen LogP contribution in [0.5, 0.6) is 0 Å². The molecule has 1 N–H and O–H groups in total. The van der Waals surface area contributed by atoms with Crippen LogP contribution in [-0.4, -0.2) is 28.3 Å². The molecule has 3 atom stereocenters. The predicted octanol–water partition coefficient (Wildman–Crippen LogP) is 1.92. The number of hydrogen-bond donors (Lipinski definition) is 1. The van der Waals surface area contributed by atoms with Crippen molar-refractivity contribution in [1.29, 1.82) is 0 Å². The molecule has 0 aliphatic carbocycles.